The molecule has 0 aliphatic carbocycles. The minimum Gasteiger partial charge on any atom is -0.370 e. The average Bonchev–Trinajstić information content (AvgIpc) is 2.39. The van der Waals surface area contributed by atoms with Crippen molar-refractivity contribution >= 4 is 28.2 Å². The number of nitrogens with one attached hydrogen (secondary N) is 1. The molecule has 3 heteroatoms. The summed E-state index contributed by atoms with van der Waals surface area (Å²) < 4.78 is 0. The smallest absolute Gasteiger partial charge is 0.133 e. The second kappa shape index (κ2) is 6.45. The van der Waals surface area contributed by atoms with Gasteiger partial charge in [0.05, 0.1) is 0 Å². The molecule has 2 rings (SSSR count). The number of benzene rings is 1. The second-order valence-electron chi connectivity index (χ2n) is 4.06. The van der Waals surface area contributed by atoms with Crippen molar-refractivity contribution in [3.8, 4) is 0 Å². The van der Waals surface area contributed by atoms with Crippen LogP contribution in [0, 0.1) is 0 Å². The molecule has 0 saturated heterocycles. The van der Waals surface area contributed by atoms with Gasteiger partial charge in [-0.3, -0.25) is 0 Å². The Hall–Kier alpha value is -1.28. The van der Waals surface area contributed by atoms with E-state index in [9.17, 15) is 0 Å². The number of alkyl halides is 1. The Balaban J connectivity index is 1.98. The molecule has 0 atom stereocenters. The monoisotopic (exact) mass is 248 g/mol. The summed E-state index contributed by atoms with van der Waals surface area (Å²) in [5.41, 5.74) is 0. The van der Waals surface area contributed by atoms with Gasteiger partial charge < -0.3 is 5.32 Å². The lowest BCUT2D eigenvalue weighted by Crippen LogP contribution is -2.03. The highest BCUT2D eigenvalue weighted by molar-refractivity contribution is 6.17. The van der Waals surface area contributed by atoms with Gasteiger partial charge in [-0.2, -0.15) is 0 Å². The number of anilines is 1. The Bertz CT molecular complexity index is 465. The van der Waals surface area contributed by atoms with Crippen LogP contribution >= 0.6 is 11.6 Å². The summed E-state index contributed by atoms with van der Waals surface area (Å²) in [5.74, 6) is 1.74. The van der Waals surface area contributed by atoms with Gasteiger partial charge in [0.2, 0.25) is 0 Å². The summed E-state index contributed by atoms with van der Waals surface area (Å²) in [6.07, 6.45) is 5.24. The molecule has 90 valence electrons. The van der Waals surface area contributed by atoms with Crippen molar-refractivity contribution in [1.29, 1.82) is 0 Å². The van der Waals surface area contributed by atoms with E-state index in [1.54, 1.807) is 0 Å². The number of halogens is 1. The summed E-state index contributed by atoms with van der Waals surface area (Å²) in [5, 5.41) is 5.81. The Morgan fingerprint density at radius 2 is 1.94 bits per heavy atom. The first-order chi connectivity index (χ1) is 8.42. The van der Waals surface area contributed by atoms with E-state index < -0.39 is 0 Å². The number of aromatic nitrogens is 1. The number of rotatable bonds is 6. The third-order valence-corrected chi connectivity index (χ3v) is 3.04. The molecule has 0 unspecified atom stereocenters. The standard InChI is InChI=1S/C14H17ClN2/c15-9-4-1-5-10-16-14-13-7-3-2-6-12(13)8-11-17-14/h2-3,6-8,11H,1,4-5,9-10H2,(H,16,17). The molecule has 0 saturated carbocycles. The molecular formula is C14H17ClN2. The maximum atomic E-state index is 5.64. The predicted octanol–water partition coefficient (Wildman–Crippen LogP) is 4.06. The van der Waals surface area contributed by atoms with Crippen LogP contribution in [-0.2, 0) is 0 Å². The Labute approximate surface area is 107 Å². The third kappa shape index (κ3) is 3.34. The highest BCUT2D eigenvalue weighted by atomic mass is 35.5. The van der Waals surface area contributed by atoms with Gasteiger partial charge in [-0.25, -0.2) is 4.98 Å². The third-order valence-electron chi connectivity index (χ3n) is 2.78. The number of pyridine rings is 1. The van der Waals surface area contributed by atoms with Crippen LogP contribution in [0.2, 0.25) is 0 Å². The molecule has 0 fully saturated rings. The van der Waals surface area contributed by atoms with Crippen molar-refractivity contribution in [2.75, 3.05) is 17.7 Å². The van der Waals surface area contributed by atoms with Crippen LogP contribution in [0.3, 0.4) is 0 Å². The van der Waals surface area contributed by atoms with E-state index in [-0.39, 0.29) is 0 Å². The van der Waals surface area contributed by atoms with Crippen LogP contribution in [0.1, 0.15) is 19.3 Å². The number of hydrogen-bond donors (Lipinski definition) is 1. The number of hydrogen-bond acceptors (Lipinski definition) is 2. The quantitative estimate of drug-likeness (QED) is 0.616. The topological polar surface area (TPSA) is 24.9 Å². The van der Waals surface area contributed by atoms with E-state index in [1.165, 1.54) is 17.2 Å². The molecule has 2 nitrogen and oxygen atoms in total. The molecule has 1 heterocycles. The summed E-state index contributed by atoms with van der Waals surface area (Å²) >= 11 is 5.64. The number of unbranched alkanes of at least 4 members (excludes halogenated alkanes) is 2. The molecule has 0 spiro atoms. The Morgan fingerprint density at radius 3 is 2.82 bits per heavy atom. The van der Waals surface area contributed by atoms with Crippen LogP contribution in [0.5, 0.6) is 0 Å². The van der Waals surface area contributed by atoms with Crippen molar-refractivity contribution in [1.82, 2.24) is 4.98 Å². The van der Waals surface area contributed by atoms with E-state index in [1.807, 2.05) is 24.4 Å². The summed E-state index contributed by atoms with van der Waals surface area (Å²) in [7, 11) is 0. The summed E-state index contributed by atoms with van der Waals surface area (Å²) in [6.45, 7) is 0.956. The zero-order valence-electron chi connectivity index (χ0n) is 9.82. The van der Waals surface area contributed by atoms with Crippen LogP contribution in [0.4, 0.5) is 5.82 Å². The zero-order chi connectivity index (χ0) is 11.9. The second-order valence-corrected chi connectivity index (χ2v) is 4.44. The first-order valence-electron chi connectivity index (χ1n) is 6.05. The van der Waals surface area contributed by atoms with Crippen molar-refractivity contribution < 1.29 is 0 Å². The average molecular weight is 249 g/mol. The van der Waals surface area contributed by atoms with Gasteiger partial charge in [-0.1, -0.05) is 30.7 Å². The SMILES string of the molecule is ClCCCCCNc1nccc2ccccc12. The van der Waals surface area contributed by atoms with Gasteiger partial charge in [-0.15, -0.1) is 11.6 Å². The van der Waals surface area contributed by atoms with Crippen LogP contribution in [0.25, 0.3) is 10.8 Å². The largest absolute Gasteiger partial charge is 0.370 e. The fourth-order valence-corrected chi connectivity index (χ4v) is 2.05. The lowest BCUT2D eigenvalue weighted by molar-refractivity contribution is 0.746. The maximum Gasteiger partial charge on any atom is 0.133 e. The lowest BCUT2D eigenvalue weighted by atomic mass is 10.1. The van der Waals surface area contributed by atoms with Crippen molar-refractivity contribution in [3.63, 3.8) is 0 Å². The minimum absolute atomic E-state index is 0.756. The molecule has 0 aliphatic heterocycles. The summed E-state index contributed by atoms with van der Waals surface area (Å²) in [6, 6.07) is 10.3. The molecule has 1 N–H and O–H groups in total. The van der Waals surface area contributed by atoms with E-state index in [0.717, 1.165) is 31.1 Å². The molecule has 0 radical (unpaired) electrons. The molecule has 0 amide bonds. The van der Waals surface area contributed by atoms with Crippen molar-refractivity contribution in [2.24, 2.45) is 0 Å². The zero-order valence-corrected chi connectivity index (χ0v) is 10.6. The first kappa shape index (κ1) is 12.2. The Morgan fingerprint density at radius 1 is 1.06 bits per heavy atom. The molecule has 0 aliphatic rings. The van der Waals surface area contributed by atoms with E-state index in [4.69, 9.17) is 11.6 Å². The van der Waals surface area contributed by atoms with E-state index >= 15 is 0 Å². The fraction of sp³-hybridized carbons (Fsp3) is 0.357. The van der Waals surface area contributed by atoms with Crippen LogP contribution in [0.15, 0.2) is 36.5 Å². The summed E-state index contributed by atoms with van der Waals surface area (Å²) in [4.78, 5) is 4.39. The molecule has 17 heavy (non-hydrogen) atoms. The molecule has 1 aromatic carbocycles. The molecule has 2 aromatic rings. The lowest BCUT2D eigenvalue weighted by Gasteiger charge is -2.08. The van der Waals surface area contributed by atoms with Gasteiger partial charge in [0.1, 0.15) is 5.82 Å². The van der Waals surface area contributed by atoms with Crippen molar-refractivity contribution in [2.45, 2.75) is 19.3 Å². The predicted molar refractivity (Wildman–Crippen MR) is 74.8 cm³/mol. The van der Waals surface area contributed by atoms with Gasteiger partial charge in [-0.05, 0) is 24.3 Å². The highest BCUT2D eigenvalue weighted by Gasteiger charge is 2.00. The van der Waals surface area contributed by atoms with Gasteiger partial charge >= 0.3 is 0 Å². The normalized spacial score (nSPS) is 10.6. The van der Waals surface area contributed by atoms with Gasteiger partial charge in [0, 0.05) is 24.0 Å². The van der Waals surface area contributed by atoms with E-state index in [2.05, 4.69) is 22.4 Å². The van der Waals surface area contributed by atoms with Gasteiger partial charge in [0.15, 0.2) is 0 Å². The van der Waals surface area contributed by atoms with Gasteiger partial charge in [0.25, 0.3) is 0 Å². The van der Waals surface area contributed by atoms with Crippen LogP contribution < -0.4 is 5.32 Å². The fourth-order valence-electron chi connectivity index (χ4n) is 1.86. The van der Waals surface area contributed by atoms with E-state index in [0.29, 0.717) is 0 Å². The number of fused-ring (bicyclic) bond motifs is 1. The molecular weight excluding hydrogens is 232 g/mol. The first-order valence-corrected chi connectivity index (χ1v) is 6.59. The minimum atomic E-state index is 0.756. The number of nitrogens with zero attached hydrogens (tertiary/aromatic N) is 1. The molecule has 1 aromatic heterocycles. The highest BCUT2D eigenvalue weighted by Crippen LogP contribution is 2.20. The Kier molecular flexibility index (Phi) is 4.63. The van der Waals surface area contributed by atoms with Crippen molar-refractivity contribution in [3.05, 3.63) is 36.5 Å². The van der Waals surface area contributed by atoms with Crippen LogP contribution in [-0.4, -0.2) is 17.4 Å². The molecule has 0 bridgehead atoms. The maximum absolute atomic E-state index is 5.64.